The molecule has 1 N–H and O–H groups in total. The molecule has 1 aromatic rings. The van der Waals surface area contributed by atoms with Crippen molar-refractivity contribution in [1.29, 1.82) is 5.26 Å². The van der Waals surface area contributed by atoms with Crippen LogP contribution in [0.15, 0.2) is 0 Å². The van der Waals surface area contributed by atoms with Gasteiger partial charge in [-0.15, -0.1) is 0 Å². The smallest absolute Gasteiger partial charge is 0.188 e. The van der Waals surface area contributed by atoms with Crippen molar-refractivity contribution >= 4 is 28.1 Å². The number of hydrogen-bond acceptors (Lipinski definition) is 5. The number of hydrogen-bond donors (Lipinski definition) is 1. The molecule has 0 bridgehead atoms. The topological polar surface area (TPSA) is 52.0 Å². The van der Waals surface area contributed by atoms with Gasteiger partial charge in [-0.3, -0.25) is 0 Å². The minimum Gasteiger partial charge on any atom is -0.348 e. The lowest BCUT2D eigenvalue weighted by molar-refractivity contribution is 0.328. The second kappa shape index (κ2) is 5.66. The normalized spacial score (nSPS) is 27.5. The summed E-state index contributed by atoms with van der Waals surface area (Å²) in [5.41, 5.74) is 0. The van der Waals surface area contributed by atoms with Gasteiger partial charge in [0, 0.05) is 19.1 Å². The molecule has 102 valence electrons. The van der Waals surface area contributed by atoms with Crippen molar-refractivity contribution in [1.82, 2.24) is 10.3 Å². The molecule has 2 saturated heterocycles. The number of nitriles is 1. The van der Waals surface area contributed by atoms with Gasteiger partial charge in [-0.1, -0.05) is 22.9 Å². The maximum atomic E-state index is 8.96. The quantitative estimate of drug-likeness (QED) is 0.911. The Balaban J connectivity index is 1.72. The molecule has 3 heterocycles. The van der Waals surface area contributed by atoms with Gasteiger partial charge < -0.3 is 10.2 Å². The third-order valence-corrected chi connectivity index (χ3v) is 5.48. The Morgan fingerprint density at radius 1 is 1.42 bits per heavy atom. The summed E-state index contributed by atoms with van der Waals surface area (Å²) in [4.78, 5) is 7.16. The average molecular weight is 297 g/mol. The average Bonchev–Trinajstić information content (AvgIpc) is 3.08. The molecular weight excluding hydrogens is 280 g/mol. The summed E-state index contributed by atoms with van der Waals surface area (Å²) in [6.45, 7) is 3.22. The number of nitrogens with zero attached hydrogens (tertiary/aromatic N) is 3. The van der Waals surface area contributed by atoms with Crippen molar-refractivity contribution < 1.29 is 0 Å². The first-order chi connectivity index (χ1) is 9.28. The van der Waals surface area contributed by atoms with Crippen LogP contribution in [0, 0.1) is 17.2 Å². The van der Waals surface area contributed by atoms with Crippen LogP contribution in [0.1, 0.15) is 30.6 Å². The first-order valence-electron chi connectivity index (χ1n) is 6.82. The van der Waals surface area contributed by atoms with E-state index >= 15 is 0 Å². The number of aromatic nitrogens is 1. The van der Waals surface area contributed by atoms with Crippen LogP contribution in [0.2, 0.25) is 5.15 Å². The van der Waals surface area contributed by atoms with Crippen molar-refractivity contribution in [2.45, 2.75) is 31.7 Å². The van der Waals surface area contributed by atoms with Crippen molar-refractivity contribution in [2.75, 3.05) is 24.5 Å². The zero-order valence-electron chi connectivity index (χ0n) is 10.7. The molecule has 0 spiro atoms. The maximum absolute atomic E-state index is 8.96. The van der Waals surface area contributed by atoms with Gasteiger partial charge in [0.2, 0.25) is 0 Å². The summed E-state index contributed by atoms with van der Waals surface area (Å²) in [6, 6.07) is 2.77. The molecule has 0 radical (unpaired) electrons. The number of anilines is 1. The monoisotopic (exact) mass is 296 g/mol. The van der Waals surface area contributed by atoms with Crippen LogP contribution in [0.5, 0.6) is 0 Å². The SMILES string of the molecule is N#Cc1sc(N2CCCC(C3CCCN3)C2)nc1Cl. The molecule has 2 aliphatic heterocycles. The Hall–Kier alpha value is -0.830. The van der Waals surface area contributed by atoms with E-state index in [-0.39, 0.29) is 0 Å². The highest BCUT2D eigenvalue weighted by atomic mass is 35.5. The van der Waals surface area contributed by atoms with Crippen molar-refractivity contribution in [2.24, 2.45) is 5.92 Å². The third kappa shape index (κ3) is 2.71. The van der Waals surface area contributed by atoms with Crippen LogP contribution in [0.4, 0.5) is 5.13 Å². The fraction of sp³-hybridized carbons (Fsp3) is 0.692. The van der Waals surface area contributed by atoms with E-state index in [0.717, 1.165) is 24.8 Å². The summed E-state index contributed by atoms with van der Waals surface area (Å²) >= 11 is 7.38. The van der Waals surface area contributed by atoms with Crippen LogP contribution in [0.25, 0.3) is 0 Å². The highest BCUT2D eigenvalue weighted by Gasteiger charge is 2.30. The molecule has 2 fully saturated rings. The highest BCUT2D eigenvalue weighted by Crippen LogP contribution is 2.33. The lowest BCUT2D eigenvalue weighted by Crippen LogP contribution is -2.43. The molecule has 6 heteroatoms. The lowest BCUT2D eigenvalue weighted by Gasteiger charge is -2.35. The first kappa shape index (κ1) is 13.2. The van der Waals surface area contributed by atoms with Gasteiger partial charge in [-0.2, -0.15) is 5.26 Å². The zero-order chi connectivity index (χ0) is 13.2. The summed E-state index contributed by atoms with van der Waals surface area (Å²) in [5.74, 6) is 0.699. The molecule has 19 heavy (non-hydrogen) atoms. The van der Waals surface area contributed by atoms with Gasteiger partial charge in [0.15, 0.2) is 10.3 Å². The highest BCUT2D eigenvalue weighted by molar-refractivity contribution is 7.16. The Morgan fingerprint density at radius 3 is 3.00 bits per heavy atom. The Kier molecular flexibility index (Phi) is 3.92. The van der Waals surface area contributed by atoms with E-state index in [1.54, 1.807) is 0 Å². The largest absolute Gasteiger partial charge is 0.348 e. The van der Waals surface area contributed by atoms with Crippen molar-refractivity contribution in [3.8, 4) is 6.07 Å². The fourth-order valence-electron chi connectivity index (χ4n) is 3.12. The number of halogens is 1. The Bertz CT molecular complexity index is 489. The van der Waals surface area contributed by atoms with Gasteiger partial charge >= 0.3 is 0 Å². The molecule has 2 atom stereocenters. The third-order valence-electron chi connectivity index (χ3n) is 4.07. The van der Waals surface area contributed by atoms with E-state index in [0.29, 0.717) is 22.0 Å². The van der Waals surface area contributed by atoms with Crippen molar-refractivity contribution in [3.63, 3.8) is 0 Å². The van der Waals surface area contributed by atoms with Gasteiger partial charge in [-0.25, -0.2) is 4.98 Å². The molecule has 2 unspecified atom stereocenters. The summed E-state index contributed by atoms with van der Waals surface area (Å²) in [6.07, 6.45) is 5.07. The summed E-state index contributed by atoms with van der Waals surface area (Å²) in [5, 5.41) is 13.8. The van der Waals surface area contributed by atoms with Gasteiger partial charge in [-0.05, 0) is 38.1 Å². The summed E-state index contributed by atoms with van der Waals surface area (Å²) < 4.78 is 0. The van der Waals surface area contributed by atoms with Crippen LogP contribution in [0.3, 0.4) is 0 Å². The van der Waals surface area contributed by atoms with Gasteiger partial charge in [0.05, 0.1) is 0 Å². The minimum absolute atomic E-state index is 0.351. The standard InChI is InChI=1S/C13H17ClN4S/c14-12-11(7-15)19-13(17-12)18-6-2-3-9(8-18)10-4-1-5-16-10/h9-10,16H,1-6,8H2. The van der Waals surface area contributed by atoms with Crippen LogP contribution in [-0.4, -0.2) is 30.7 Å². The Labute approximate surface area is 122 Å². The number of rotatable bonds is 2. The predicted molar refractivity (Wildman–Crippen MR) is 77.8 cm³/mol. The van der Waals surface area contributed by atoms with Crippen LogP contribution in [-0.2, 0) is 0 Å². The van der Waals surface area contributed by atoms with Crippen molar-refractivity contribution in [3.05, 3.63) is 10.0 Å². The maximum Gasteiger partial charge on any atom is 0.188 e. The molecule has 0 aromatic carbocycles. The van der Waals surface area contributed by atoms with E-state index in [1.807, 2.05) is 0 Å². The molecular formula is C13H17ClN4S. The molecule has 1 aromatic heterocycles. The molecule has 3 rings (SSSR count). The number of thiazole rings is 1. The lowest BCUT2D eigenvalue weighted by atomic mass is 9.90. The van der Waals surface area contributed by atoms with E-state index in [9.17, 15) is 0 Å². The van der Waals surface area contributed by atoms with E-state index in [1.165, 1.54) is 37.0 Å². The first-order valence-corrected chi connectivity index (χ1v) is 8.02. The predicted octanol–water partition coefficient (Wildman–Crippen LogP) is 2.64. The van der Waals surface area contributed by atoms with E-state index in [4.69, 9.17) is 16.9 Å². The molecule has 2 aliphatic rings. The second-order valence-electron chi connectivity index (χ2n) is 5.28. The Morgan fingerprint density at radius 2 is 2.32 bits per heavy atom. The fourth-order valence-corrected chi connectivity index (χ4v) is 4.20. The van der Waals surface area contributed by atoms with Crippen LogP contribution >= 0.6 is 22.9 Å². The van der Waals surface area contributed by atoms with Crippen LogP contribution < -0.4 is 10.2 Å². The molecule has 0 amide bonds. The number of piperidine rings is 1. The molecule has 0 aliphatic carbocycles. The number of nitrogens with one attached hydrogen (secondary N) is 1. The van der Waals surface area contributed by atoms with Gasteiger partial charge in [0.1, 0.15) is 10.9 Å². The second-order valence-corrected chi connectivity index (χ2v) is 6.61. The van der Waals surface area contributed by atoms with E-state index < -0.39 is 0 Å². The molecule has 0 saturated carbocycles. The van der Waals surface area contributed by atoms with Gasteiger partial charge in [0.25, 0.3) is 0 Å². The molecule has 4 nitrogen and oxygen atoms in total. The minimum atomic E-state index is 0.351. The zero-order valence-corrected chi connectivity index (χ0v) is 12.3. The van der Waals surface area contributed by atoms with E-state index in [2.05, 4.69) is 21.3 Å². The summed E-state index contributed by atoms with van der Waals surface area (Å²) in [7, 11) is 0.